The van der Waals surface area contributed by atoms with E-state index in [1.165, 1.54) is 24.5 Å². The highest BCUT2D eigenvalue weighted by atomic mass is 16.4. The van der Waals surface area contributed by atoms with E-state index in [0.29, 0.717) is 48.2 Å². The molecule has 0 radical (unpaired) electrons. The molecule has 4 fully saturated rings. The molecule has 5 aliphatic rings. The first-order chi connectivity index (χ1) is 13.9. The number of aliphatic hydroxyl groups is 1. The van der Waals surface area contributed by atoms with Crippen molar-refractivity contribution in [1.82, 2.24) is 0 Å². The van der Waals surface area contributed by atoms with Crippen LogP contribution in [-0.2, 0) is 9.59 Å². The third-order valence-electron chi connectivity index (χ3n) is 9.66. The number of ketones is 1. The summed E-state index contributed by atoms with van der Waals surface area (Å²) in [7, 11) is 0. The summed E-state index contributed by atoms with van der Waals surface area (Å²) in [6, 6.07) is 0. The van der Waals surface area contributed by atoms with Gasteiger partial charge in [-0.1, -0.05) is 12.5 Å². The average Bonchev–Trinajstić information content (AvgIpc) is 3.50. The van der Waals surface area contributed by atoms with Crippen molar-refractivity contribution < 1.29 is 19.8 Å². The Labute approximate surface area is 173 Å². The summed E-state index contributed by atoms with van der Waals surface area (Å²) in [4.78, 5) is 23.3. The predicted molar refractivity (Wildman–Crippen MR) is 110 cm³/mol. The Morgan fingerprint density at radius 1 is 1.17 bits per heavy atom. The van der Waals surface area contributed by atoms with Crippen LogP contribution < -0.4 is 0 Å². The fraction of sp³-hybridized carbons (Fsp3) is 0.760. The van der Waals surface area contributed by atoms with Gasteiger partial charge in [-0.15, -0.1) is 0 Å². The maximum atomic E-state index is 12.1. The standard InChI is InChI=1S/C25H34O4/c1-2-24-10-7-19-18-6-5-17(26)13-16(18)14-20(15-3-4-15)23(19)21(24)8-11-25(24,29)12-9-22(27)28/h9,12-13,15,18-21,23,29H,2-8,10-11,14H2,1H3,(H,27,28)/b12-9-/t18-,19+,20+,21-,23-,24-,25+/m0/s1. The van der Waals surface area contributed by atoms with Crippen LogP contribution in [-0.4, -0.2) is 27.6 Å². The summed E-state index contributed by atoms with van der Waals surface area (Å²) in [6.07, 6.45) is 14.9. The second kappa shape index (κ2) is 6.80. The number of hydrogen-bond donors (Lipinski definition) is 2. The molecule has 0 unspecified atom stereocenters. The van der Waals surface area contributed by atoms with Crippen molar-refractivity contribution in [2.45, 2.75) is 76.7 Å². The van der Waals surface area contributed by atoms with Gasteiger partial charge in [-0.2, -0.15) is 0 Å². The molecule has 4 heteroatoms. The molecule has 7 atom stereocenters. The number of hydrogen-bond acceptors (Lipinski definition) is 3. The molecule has 0 spiro atoms. The SMILES string of the molecule is CC[C@]12CC[C@H]3[C@@H]([C@@H](C4CC4)CC4=CC(=O)CC[C@@H]43)[C@@H]1CC[C@@]2(O)/C=C\C(=O)O. The molecule has 0 amide bonds. The number of allylic oxidation sites excluding steroid dienone is 1. The van der Waals surface area contributed by atoms with Crippen molar-refractivity contribution >= 4 is 11.8 Å². The van der Waals surface area contributed by atoms with Crippen molar-refractivity contribution in [3.8, 4) is 0 Å². The van der Waals surface area contributed by atoms with Crippen LogP contribution in [0.3, 0.4) is 0 Å². The van der Waals surface area contributed by atoms with Crippen LogP contribution >= 0.6 is 0 Å². The second-order valence-electron chi connectivity index (χ2n) is 10.6. The Hall–Kier alpha value is -1.42. The highest BCUT2D eigenvalue weighted by Gasteiger charge is 2.65. The summed E-state index contributed by atoms with van der Waals surface area (Å²) in [6.45, 7) is 2.19. The van der Waals surface area contributed by atoms with Crippen molar-refractivity contribution in [2.75, 3.05) is 0 Å². The third kappa shape index (κ3) is 2.89. The van der Waals surface area contributed by atoms with Crippen molar-refractivity contribution in [1.29, 1.82) is 0 Å². The van der Waals surface area contributed by atoms with Crippen LogP contribution in [0.4, 0.5) is 0 Å². The van der Waals surface area contributed by atoms with E-state index in [-0.39, 0.29) is 5.41 Å². The molecule has 158 valence electrons. The van der Waals surface area contributed by atoms with Gasteiger partial charge < -0.3 is 10.2 Å². The summed E-state index contributed by atoms with van der Waals surface area (Å²) in [5.74, 6) is 3.08. The maximum Gasteiger partial charge on any atom is 0.328 e. The van der Waals surface area contributed by atoms with E-state index in [2.05, 4.69) is 6.92 Å². The Morgan fingerprint density at radius 3 is 2.66 bits per heavy atom. The molecule has 2 N–H and O–H groups in total. The minimum atomic E-state index is -0.997. The lowest BCUT2D eigenvalue weighted by Crippen LogP contribution is -2.55. The summed E-state index contributed by atoms with van der Waals surface area (Å²) >= 11 is 0. The lowest BCUT2D eigenvalue weighted by Gasteiger charge is -2.59. The van der Waals surface area contributed by atoms with Crippen molar-refractivity contribution in [2.24, 2.45) is 40.9 Å². The molecule has 0 aromatic heterocycles. The zero-order chi connectivity index (χ0) is 20.4. The fourth-order valence-electron chi connectivity index (χ4n) is 8.37. The molecule has 29 heavy (non-hydrogen) atoms. The van der Waals surface area contributed by atoms with E-state index in [0.717, 1.165) is 44.4 Å². The van der Waals surface area contributed by atoms with Gasteiger partial charge in [0.05, 0.1) is 5.60 Å². The number of fused-ring (bicyclic) bond motifs is 5. The Morgan fingerprint density at radius 2 is 1.97 bits per heavy atom. The first kappa shape index (κ1) is 19.5. The monoisotopic (exact) mass is 398 g/mol. The topological polar surface area (TPSA) is 74.6 Å². The summed E-state index contributed by atoms with van der Waals surface area (Å²) in [5.41, 5.74) is 0.240. The van der Waals surface area contributed by atoms with E-state index >= 15 is 0 Å². The third-order valence-corrected chi connectivity index (χ3v) is 9.66. The molecule has 4 nitrogen and oxygen atoms in total. The average molecular weight is 399 g/mol. The number of carbonyl (C=O) groups is 2. The minimum absolute atomic E-state index is 0.195. The van der Waals surface area contributed by atoms with Crippen LogP contribution in [0.15, 0.2) is 23.8 Å². The van der Waals surface area contributed by atoms with Crippen LogP contribution in [0.25, 0.3) is 0 Å². The molecular weight excluding hydrogens is 364 g/mol. The van der Waals surface area contributed by atoms with Crippen LogP contribution in [0.5, 0.6) is 0 Å². The van der Waals surface area contributed by atoms with Crippen LogP contribution in [0.2, 0.25) is 0 Å². The van der Waals surface area contributed by atoms with Crippen molar-refractivity contribution in [3.05, 3.63) is 23.8 Å². The Kier molecular flexibility index (Phi) is 4.58. The van der Waals surface area contributed by atoms with E-state index in [9.17, 15) is 19.8 Å². The summed E-state index contributed by atoms with van der Waals surface area (Å²) < 4.78 is 0. The number of rotatable bonds is 4. The predicted octanol–water partition coefficient (Wildman–Crippen LogP) is 4.53. The maximum absolute atomic E-state index is 12.1. The van der Waals surface area contributed by atoms with Gasteiger partial charge in [-0.3, -0.25) is 4.79 Å². The van der Waals surface area contributed by atoms with Gasteiger partial charge in [-0.05, 0) is 105 Å². The van der Waals surface area contributed by atoms with Gasteiger partial charge in [0.25, 0.3) is 0 Å². The van der Waals surface area contributed by atoms with Gasteiger partial charge in [-0.25, -0.2) is 4.79 Å². The first-order valence-electron chi connectivity index (χ1n) is 11.8. The molecule has 0 heterocycles. The largest absolute Gasteiger partial charge is 0.478 e. The molecule has 5 aliphatic carbocycles. The zero-order valence-electron chi connectivity index (χ0n) is 17.5. The molecule has 0 aromatic rings. The zero-order valence-corrected chi connectivity index (χ0v) is 17.5. The van der Waals surface area contributed by atoms with Gasteiger partial charge >= 0.3 is 5.97 Å². The molecule has 0 aliphatic heterocycles. The van der Waals surface area contributed by atoms with Gasteiger partial charge in [0.2, 0.25) is 0 Å². The second-order valence-corrected chi connectivity index (χ2v) is 10.6. The van der Waals surface area contributed by atoms with Crippen molar-refractivity contribution in [3.63, 3.8) is 0 Å². The van der Waals surface area contributed by atoms with Crippen LogP contribution in [0.1, 0.15) is 71.1 Å². The number of aliphatic carboxylic acids is 1. The molecule has 4 saturated carbocycles. The highest BCUT2D eigenvalue weighted by molar-refractivity contribution is 5.91. The lowest BCUT2D eigenvalue weighted by molar-refractivity contribution is -0.133. The minimum Gasteiger partial charge on any atom is -0.478 e. The molecule has 0 saturated heterocycles. The fourth-order valence-corrected chi connectivity index (χ4v) is 8.37. The molecule has 5 rings (SSSR count). The Bertz CT molecular complexity index is 778. The van der Waals surface area contributed by atoms with E-state index in [1.54, 1.807) is 6.08 Å². The normalized spacial score (nSPS) is 46.8. The van der Waals surface area contributed by atoms with Crippen LogP contribution in [0, 0.1) is 40.9 Å². The van der Waals surface area contributed by atoms with Gasteiger partial charge in [0.1, 0.15) is 0 Å². The molecule has 0 bridgehead atoms. The quantitative estimate of drug-likeness (QED) is 0.683. The first-order valence-corrected chi connectivity index (χ1v) is 11.8. The molecular formula is C25H34O4. The molecule has 0 aromatic carbocycles. The smallest absolute Gasteiger partial charge is 0.328 e. The van der Waals surface area contributed by atoms with E-state index in [1.807, 2.05) is 6.08 Å². The van der Waals surface area contributed by atoms with E-state index in [4.69, 9.17) is 0 Å². The van der Waals surface area contributed by atoms with Gasteiger partial charge in [0.15, 0.2) is 5.78 Å². The van der Waals surface area contributed by atoms with Gasteiger partial charge in [0, 0.05) is 17.9 Å². The number of carboxylic acid groups (broad SMARTS) is 1. The number of carboxylic acids is 1. The summed E-state index contributed by atoms with van der Waals surface area (Å²) in [5, 5.41) is 20.8. The Balaban J connectivity index is 1.53. The van der Waals surface area contributed by atoms with E-state index < -0.39 is 11.6 Å². The lowest BCUT2D eigenvalue weighted by atomic mass is 9.46. The highest BCUT2D eigenvalue weighted by Crippen LogP contribution is 2.69. The number of carbonyl (C=O) groups excluding carboxylic acids is 1.